The minimum absolute atomic E-state index is 0.0451. The number of carboxylic acid groups (broad SMARTS) is 1. The Morgan fingerprint density at radius 1 is 1.40 bits per heavy atom. The van der Waals surface area contributed by atoms with Gasteiger partial charge in [0, 0.05) is 0 Å². The molecular weight excluding hydrogens is 277 g/mol. The standard InChI is InChI=1S/C11H5F3N4O2/c12-11(13,14)8-3-6(1-2-7(8)10(19)20)18-5-16-9(4-15)17-18/h1-3,5H,(H,19,20). The summed E-state index contributed by atoms with van der Waals surface area (Å²) in [6, 6.07) is 4.25. The number of hydrogen-bond acceptors (Lipinski definition) is 4. The van der Waals surface area contributed by atoms with E-state index in [-0.39, 0.29) is 11.5 Å². The zero-order valence-corrected chi connectivity index (χ0v) is 9.59. The van der Waals surface area contributed by atoms with Gasteiger partial charge in [-0.15, -0.1) is 5.10 Å². The summed E-state index contributed by atoms with van der Waals surface area (Å²) in [5.41, 5.74) is -2.20. The van der Waals surface area contributed by atoms with E-state index < -0.39 is 23.3 Å². The van der Waals surface area contributed by atoms with Crippen LogP contribution in [0.4, 0.5) is 13.2 Å². The third kappa shape index (κ3) is 2.44. The topological polar surface area (TPSA) is 91.8 Å². The lowest BCUT2D eigenvalue weighted by Crippen LogP contribution is -2.14. The summed E-state index contributed by atoms with van der Waals surface area (Å²) in [6.07, 6.45) is -3.75. The average molecular weight is 282 g/mol. The van der Waals surface area contributed by atoms with Gasteiger partial charge in [0.2, 0.25) is 0 Å². The van der Waals surface area contributed by atoms with Gasteiger partial charge in [-0.05, 0) is 18.2 Å². The number of aromatic carboxylic acids is 1. The SMILES string of the molecule is N#Cc1ncn(-c2ccc(C(=O)O)c(C(F)(F)F)c2)n1. The molecule has 0 saturated heterocycles. The maximum atomic E-state index is 12.8. The maximum absolute atomic E-state index is 12.8. The highest BCUT2D eigenvalue weighted by molar-refractivity contribution is 5.90. The normalized spacial score (nSPS) is 11.1. The van der Waals surface area contributed by atoms with Crippen LogP contribution in [0.15, 0.2) is 24.5 Å². The van der Waals surface area contributed by atoms with E-state index >= 15 is 0 Å². The van der Waals surface area contributed by atoms with Crippen LogP contribution in [0.1, 0.15) is 21.7 Å². The molecule has 0 amide bonds. The van der Waals surface area contributed by atoms with Crippen molar-refractivity contribution in [2.24, 2.45) is 0 Å². The van der Waals surface area contributed by atoms with Gasteiger partial charge in [-0.25, -0.2) is 14.5 Å². The fourth-order valence-electron chi connectivity index (χ4n) is 1.53. The molecule has 1 N–H and O–H groups in total. The summed E-state index contributed by atoms with van der Waals surface area (Å²) in [5, 5.41) is 20.9. The molecule has 1 aromatic heterocycles. The van der Waals surface area contributed by atoms with Crippen LogP contribution in [0.2, 0.25) is 0 Å². The number of carbonyl (C=O) groups is 1. The van der Waals surface area contributed by atoms with E-state index in [0.717, 1.165) is 23.1 Å². The van der Waals surface area contributed by atoms with E-state index in [0.29, 0.717) is 6.07 Å². The van der Waals surface area contributed by atoms with Crippen LogP contribution in [0.25, 0.3) is 5.69 Å². The third-order valence-corrected chi connectivity index (χ3v) is 2.40. The van der Waals surface area contributed by atoms with Gasteiger partial charge in [-0.2, -0.15) is 18.4 Å². The summed E-state index contributed by atoms with van der Waals surface area (Å²) in [6.45, 7) is 0. The molecule has 2 aromatic rings. The lowest BCUT2D eigenvalue weighted by molar-refractivity contribution is -0.138. The summed E-state index contributed by atoms with van der Waals surface area (Å²) < 4.78 is 39.4. The van der Waals surface area contributed by atoms with Crippen molar-refractivity contribution in [1.82, 2.24) is 14.8 Å². The Labute approximate surface area is 109 Å². The highest BCUT2D eigenvalue weighted by atomic mass is 19.4. The van der Waals surface area contributed by atoms with Gasteiger partial charge in [-0.1, -0.05) is 0 Å². The highest BCUT2D eigenvalue weighted by Crippen LogP contribution is 2.33. The summed E-state index contributed by atoms with van der Waals surface area (Å²) >= 11 is 0. The van der Waals surface area contributed by atoms with Crippen LogP contribution in [0, 0.1) is 11.3 Å². The maximum Gasteiger partial charge on any atom is 0.417 e. The quantitative estimate of drug-likeness (QED) is 0.907. The number of benzene rings is 1. The first-order valence-electron chi connectivity index (χ1n) is 5.09. The second-order valence-electron chi connectivity index (χ2n) is 3.66. The molecule has 20 heavy (non-hydrogen) atoms. The fourth-order valence-corrected chi connectivity index (χ4v) is 1.53. The zero-order valence-electron chi connectivity index (χ0n) is 9.59. The van der Waals surface area contributed by atoms with Crippen LogP contribution in [-0.4, -0.2) is 25.8 Å². The number of carboxylic acids is 1. The van der Waals surface area contributed by atoms with Crippen molar-refractivity contribution in [3.8, 4) is 11.8 Å². The van der Waals surface area contributed by atoms with Gasteiger partial charge in [0.15, 0.2) is 0 Å². The number of halogens is 3. The first-order chi connectivity index (χ1) is 9.32. The molecule has 0 aliphatic carbocycles. The predicted octanol–water partition coefficient (Wildman–Crippen LogP) is 1.86. The molecule has 1 aromatic carbocycles. The second-order valence-corrected chi connectivity index (χ2v) is 3.66. The zero-order chi connectivity index (χ0) is 14.9. The lowest BCUT2D eigenvalue weighted by Gasteiger charge is -2.11. The Hall–Kier alpha value is -2.89. The lowest BCUT2D eigenvalue weighted by atomic mass is 10.1. The van der Waals surface area contributed by atoms with Gasteiger partial charge < -0.3 is 5.11 Å². The van der Waals surface area contributed by atoms with Crippen LogP contribution in [0.3, 0.4) is 0 Å². The van der Waals surface area contributed by atoms with Crippen molar-refractivity contribution in [2.75, 3.05) is 0 Å². The summed E-state index contributed by atoms with van der Waals surface area (Å²) in [4.78, 5) is 14.3. The van der Waals surface area contributed by atoms with Gasteiger partial charge in [0.1, 0.15) is 12.4 Å². The molecule has 0 bridgehead atoms. The van der Waals surface area contributed by atoms with Gasteiger partial charge in [0.25, 0.3) is 5.82 Å². The first-order valence-corrected chi connectivity index (χ1v) is 5.09. The molecule has 0 radical (unpaired) electrons. The number of nitrogens with zero attached hydrogens (tertiary/aromatic N) is 4. The molecule has 9 heteroatoms. The average Bonchev–Trinajstić information content (AvgIpc) is 2.85. The molecule has 0 aliphatic heterocycles. The van der Waals surface area contributed by atoms with Crippen molar-refractivity contribution < 1.29 is 23.1 Å². The Balaban J connectivity index is 2.58. The molecule has 0 unspecified atom stereocenters. The second kappa shape index (κ2) is 4.65. The van der Waals surface area contributed by atoms with Gasteiger partial charge >= 0.3 is 12.1 Å². The molecule has 0 aliphatic rings. The molecule has 1 heterocycles. The van der Waals surface area contributed by atoms with Crippen molar-refractivity contribution in [2.45, 2.75) is 6.18 Å². The van der Waals surface area contributed by atoms with Crippen LogP contribution in [0.5, 0.6) is 0 Å². The predicted molar refractivity (Wildman–Crippen MR) is 58.0 cm³/mol. The molecule has 2 rings (SSSR count). The number of rotatable bonds is 2. The minimum atomic E-state index is -4.82. The Bertz CT molecular complexity index is 715. The number of hydrogen-bond donors (Lipinski definition) is 1. The number of aromatic nitrogens is 3. The molecular formula is C11H5F3N4O2. The summed E-state index contributed by atoms with van der Waals surface area (Å²) in [5.74, 6) is -1.89. The first kappa shape index (κ1) is 13.5. The fraction of sp³-hybridized carbons (Fsp3) is 0.0909. The van der Waals surface area contributed by atoms with Crippen LogP contribution in [-0.2, 0) is 6.18 Å². The molecule has 0 atom stereocenters. The van der Waals surface area contributed by atoms with Crippen molar-refractivity contribution in [3.05, 3.63) is 41.5 Å². The van der Waals surface area contributed by atoms with Crippen molar-refractivity contribution >= 4 is 5.97 Å². The van der Waals surface area contributed by atoms with Gasteiger partial charge in [-0.3, -0.25) is 0 Å². The Morgan fingerprint density at radius 3 is 2.60 bits per heavy atom. The number of alkyl halides is 3. The molecule has 0 saturated carbocycles. The molecule has 0 fully saturated rings. The van der Waals surface area contributed by atoms with Crippen LogP contribution < -0.4 is 0 Å². The van der Waals surface area contributed by atoms with Gasteiger partial charge in [0.05, 0.1) is 16.8 Å². The largest absolute Gasteiger partial charge is 0.478 e. The van der Waals surface area contributed by atoms with E-state index in [1.54, 1.807) is 6.07 Å². The van der Waals surface area contributed by atoms with E-state index in [1.807, 2.05) is 0 Å². The van der Waals surface area contributed by atoms with Crippen molar-refractivity contribution in [3.63, 3.8) is 0 Å². The Morgan fingerprint density at radius 2 is 2.10 bits per heavy atom. The van der Waals surface area contributed by atoms with E-state index in [2.05, 4.69) is 10.1 Å². The molecule has 0 spiro atoms. The minimum Gasteiger partial charge on any atom is -0.478 e. The monoisotopic (exact) mass is 282 g/mol. The Kier molecular flexibility index (Phi) is 3.15. The highest BCUT2D eigenvalue weighted by Gasteiger charge is 2.35. The van der Waals surface area contributed by atoms with E-state index in [1.165, 1.54) is 0 Å². The smallest absolute Gasteiger partial charge is 0.417 e. The number of nitriles is 1. The molecule has 102 valence electrons. The van der Waals surface area contributed by atoms with E-state index in [9.17, 15) is 18.0 Å². The van der Waals surface area contributed by atoms with Crippen LogP contribution >= 0.6 is 0 Å². The summed E-state index contributed by atoms with van der Waals surface area (Å²) in [7, 11) is 0. The van der Waals surface area contributed by atoms with Crippen molar-refractivity contribution in [1.29, 1.82) is 5.26 Å². The third-order valence-electron chi connectivity index (χ3n) is 2.40. The molecule has 6 nitrogen and oxygen atoms in total. The van der Waals surface area contributed by atoms with E-state index in [4.69, 9.17) is 10.4 Å².